The van der Waals surface area contributed by atoms with Gasteiger partial charge >= 0.3 is 0 Å². The molecule has 0 aliphatic rings. The maximum absolute atomic E-state index is 9.77. The van der Waals surface area contributed by atoms with Crippen LogP contribution in [-0.4, -0.2) is 24.2 Å². The fraction of sp³-hybridized carbons (Fsp3) is 0.667. The lowest BCUT2D eigenvalue weighted by atomic mass is 9.45. The van der Waals surface area contributed by atoms with E-state index in [1.165, 1.54) is 6.21 Å². The Balaban J connectivity index is 4.43. The lowest BCUT2D eigenvalue weighted by molar-refractivity contribution is 0.0409. The van der Waals surface area contributed by atoms with Crippen LogP contribution in [0.4, 0.5) is 0 Å². The summed E-state index contributed by atoms with van der Waals surface area (Å²) in [6, 6.07) is 0. The maximum atomic E-state index is 9.77. The number of hydrogen-bond acceptors (Lipinski definition) is 2. The van der Waals surface area contributed by atoms with Gasteiger partial charge in [0.25, 0.3) is 0 Å². The second kappa shape index (κ2) is 3.44. The van der Waals surface area contributed by atoms with Crippen LogP contribution >= 0.6 is 0 Å². The Morgan fingerprint density at radius 1 is 1.42 bits per heavy atom. The van der Waals surface area contributed by atoms with Crippen molar-refractivity contribution in [3.63, 3.8) is 0 Å². The second-order valence-corrected chi connectivity index (χ2v) is 4.42. The van der Waals surface area contributed by atoms with Gasteiger partial charge in [-0.25, -0.2) is 0 Å². The van der Waals surface area contributed by atoms with E-state index >= 15 is 0 Å². The molecule has 0 fully saturated rings. The summed E-state index contributed by atoms with van der Waals surface area (Å²) in [6.45, 7) is 11.2. The van der Waals surface area contributed by atoms with E-state index in [0.717, 1.165) is 5.47 Å². The Kier molecular flexibility index (Phi) is 3.28. The summed E-state index contributed by atoms with van der Waals surface area (Å²) in [7, 11) is 0.653. The highest BCUT2D eigenvalue weighted by Gasteiger charge is 2.35. The molecule has 12 heavy (non-hydrogen) atoms. The third kappa shape index (κ3) is 2.82. The van der Waals surface area contributed by atoms with Gasteiger partial charge < -0.3 is 10.5 Å². The zero-order valence-electron chi connectivity index (χ0n) is 8.44. The van der Waals surface area contributed by atoms with Gasteiger partial charge in [0.1, 0.15) is 0 Å². The van der Waals surface area contributed by atoms with Crippen LogP contribution in [-0.2, 0) is 0 Å². The van der Waals surface area contributed by atoms with Gasteiger partial charge in [0.05, 0.1) is 5.60 Å². The highest BCUT2D eigenvalue weighted by Crippen LogP contribution is 2.37. The highest BCUT2D eigenvalue weighted by atomic mass is 16.3. The first-order valence-corrected chi connectivity index (χ1v) is 4.11. The van der Waals surface area contributed by atoms with E-state index in [0.29, 0.717) is 7.28 Å². The van der Waals surface area contributed by atoms with E-state index in [9.17, 15) is 5.11 Å². The normalized spacial score (nSPS) is 12.4. The molecular formula is C9H18BNO. The first kappa shape index (κ1) is 11.4. The molecular weight excluding hydrogens is 149 g/mol. The van der Waals surface area contributed by atoms with Crippen LogP contribution in [0.1, 0.15) is 27.7 Å². The minimum Gasteiger partial charge on any atom is -0.391 e. The summed E-state index contributed by atoms with van der Waals surface area (Å²) >= 11 is 0. The molecule has 0 aromatic rings. The van der Waals surface area contributed by atoms with Gasteiger partial charge in [0.15, 0.2) is 7.28 Å². The predicted molar refractivity (Wildman–Crippen MR) is 55.4 cm³/mol. The van der Waals surface area contributed by atoms with Gasteiger partial charge in [-0.3, -0.25) is 0 Å². The maximum Gasteiger partial charge on any atom is 0.168 e. The summed E-state index contributed by atoms with van der Waals surface area (Å²) in [5, 5.41) is 16.5. The number of nitrogens with one attached hydrogen (secondary N) is 1. The van der Waals surface area contributed by atoms with E-state index in [1.54, 1.807) is 13.8 Å². The van der Waals surface area contributed by atoms with Crippen LogP contribution in [0.25, 0.3) is 0 Å². The van der Waals surface area contributed by atoms with Crippen LogP contribution in [0, 0.1) is 5.41 Å². The molecule has 3 heteroatoms. The standard InChI is InChI=1S/C9H18BNO/c1-7(6-11)10-8(2,3)9(4,5)12/h6,10-12H,1H2,2-5H3. The molecule has 2 nitrogen and oxygen atoms in total. The highest BCUT2D eigenvalue weighted by molar-refractivity contribution is 6.55. The molecule has 0 spiro atoms. The minimum absolute atomic E-state index is 0.234. The van der Waals surface area contributed by atoms with Gasteiger partial charge in [-0.2, -0.15) is 0 Å². The second-order valence-electron chi connectivity index (χ2n) is 4.42. The van der Waals surface area contributed by atoms with Gasteiger partial charge in [-0.1, -0.05) is 19.3 Å². The Morgan fingerprint density at radius 3 is 2.08 bits per heavy atom. The fourth-order valence-electron chi connectivity index (χ4n) is 0.835. The number of hydrogen-bond donors (Lipinski definition) is 2. The SMILES string of the molecule is C=C(BC(C)(C)C(C)(C)O)C=N. The van der Waals surface area contributed by atoms with Crippen molar-refractivity contribution < 1.29 is 5.11 Å². The molecule has 0 saturated heterocycles. The molecule has 0 bridgehead atoms. The van der Waals surface area contributed by atoms with E-state index in [-0.39, 0.29) is 5.31 Å². The number of aliphatic hydroxyl groups is 1. The van der Waals surface area contributed by atoms with Crippen molar-refractivity contribution in [3.8, 4) is 0 Å². The minimum atomic E-state index is -0.737. The summed E-state index contributed by atoms with van der Waals surface area (Å²) in [6.07, 6.45) is 1.24. The first-order chi connectivity index (χ1) is 5.20. The molecule has 0 atom stereocenters. The van der Waals surface area contributed by atoms with Crippen LogP contribution in [0.3, 0.4) is 0 Å². The van der Waals surface area contributed by atoms with Crippen LogP contribution < -0.4 is 0 Å². The third-order valence-electron chi connectivity index (χ3n) is 2.53. The van der Waals surface area contributed by atoms with Gasteiger partial charge in [0.2, 0.25) is 0 Å². The smallest absolute Gasteiger partial charge is 0.168 e. The van der Waals surface area contributed by atoms with Crippen molar-refractivity contribution >= 4 is 13.5 Å². The summed E-state index contributed by atoms with van der Waals surface area (Å²) in [5.74, 6) is 0. The molecule has 0 aliphatic heterocycles. The molecule has 0 unspecified atom stereocenters. The van der Waals surface area contributed by atoms with Crippen molar-refractivity contribution in [2.45, 2.75) is 38.6 Å². The Bertz CT molecular complexity index is 191. The molecule has 0 amide bonds. The Labute approximate surface area is 75.4 Å². The molecule has 2 N–H and O–H groups in total. The fourth-order valence-corrected chi connectivity index (χ4v) is 0.835. The van der Waals surface area contributed by atoms with Crippen LogP contribution in [0.2, 0.25) is 5.31 Å². The zero-order chi connectivity index (χ0) is 9.99. The molecule has 68 valence electrons. The van der Waals surface area contributed by atoms with Gasteiger partial charge in [0, 0.05) is 6.21 Å². The summed E-state index contributed by atoms with van der Waals surface area (Å²) in [5.41, 5.74) is 0.0148. The van der Waals surface area contributed by atoms with E-state index in [4.69, 9.17) is 5.41 Å². The topological polar surface area (TPSA) is 44.1 Å². The average molecular weight is 167 g/mol. The monoisotopic (exact) mass is 167 g/mol. The lowest BCUT2D eigenvalue weighted by Crippen LogP contribution is -2.38. The Morgan fingerprint density at radius 2 is 1.83 bits per heavy atom. The molecule has 0 rings (SSSR count). The quantitative estimate of drug-likeness (QED) is 0.484. The molecule has 0 aromatic carbocycles. The summed E-state index contributed by atoms with van der Waals surface area (Å²) < 4.78 is 0. The Hall–Kier alpha value is -0.565. The predicted octanol–water partition coefficient (Wildman–Crippen LogP) is 1.56. The van der Waals surface area contributed by atoms with Crippen molar-refractivity contribution in [3.05, 3.63) is 12.1 Å². The molecule has 0 radical (unpaired) electrons. The number of allylic oxidation sites excluding steroid dienone is 1. The van der Waals surface area contributed by atoms with Crippen molar-refractivity contribution in [2.75, 3.05) is 0 Å². The third-order valence-corrected chi connectivity index (χ3v) is 2.53. The zero-order valence-corrected chi connectivity index (χ0v) is 8.44. The molecule has 0 heterocycles. The largest absolute Gasteiger partial charge is 0.391 e. The van der Waals surface area contributed by atoms with Crippen molar-refractivity contribution in [2.24, 2.45) is 0 Å². The molecule has 0 saturated carbocycles. The van der Waals surface area contributed by atoms with Crippen LogP contribution in [0.15, 0.2) is 12.1 Å². The van der Waals surface area contributed by atoms with Crippen molar-refractivity contribution in [1.82, 2.24) is 0 Å². The van der Waals surface area contributed by atoms with Crippen LogP contribution in [0.5, 0.6) is 0 Å². The first-order valence-electron chi connectivity index (χ1n) is 4.11. The van der Waals surface area contributed by atoms with Gasteiger partial charge in [-0.05, 0) is 19.2 Å². The lowest BCUT2D eigenvalue weighted by Gasteiger charge is -2.36. The molecule has 0 aliphatic carbocycles. The average Bonchev–Trinajstić information content (AvgIpc) is 1.84. The van der Waals surface area contributed by atoms with Gasteiger partial charge in [-0.15, -0.1) is 6.58 Å². The number of rotatable bonds is 4. The van der Waals surface area contributed by atoms with E-state index in [1.807, 2.05) is 13.8 Å². The molecule has 0 aromatic heterocycles. The van der Waals surface area contributed by atoms with E-state index in [2.05, 4.69) is 6.58 Å². The summed E-state index contributed by atoms with van der Waals surface area (Å²) in [4.78, 5) is 0. The van der Waals surface area contributed by atoms with E-state index < -0.39 is 5.60 Å². The van der Waals surface area contributed by atoms with Crippen molar-refractivity contribution in [1.29, 1.82) is 5.41 Å².